The van der Waals surface area contributed by atoms with Gasteiger partial charge in [-0.15, -0.1) is 0 Å². The minimum Gasteiger partial charge on any atom is -0.395 e. The molecule has 0 aromatic heterocycles. The minimum atomic E-state index is -0.542. The maximum atomic E-state index is 13.5. The van der Waals surface area contributed by atoms with Crippen LogP contribution in [-0.4, -0.2) is 29.2 Å². The van der Waals surface area contributed by atoms with E-state index in [1.807, 2.05) is 0 Å². The Morgan fingerprint density at radius 2 is 2.22 bits per heavy atom. The highest BCUT2D eigenvalue weighted by Gasteiger charge is 2.33. The van der Waals surface area contributed by atoms with Crippen LogP contribution < -0.4 is 4.90 Å². The number of nitro benzene ring substituents is 1. The van der Waals surface area contributed by atoms with Gasteiger partial charge in [0, 0.05) is 24.7 Å². The zero-order chi connectivity index (χ0) is 13.3. The molecule has 0 atom stereocenters. The van der Waals surface area contributed by atoms with Crippen LogP contribution in [0.3, 0.4) is 0 Å². The second-order valence-corrected chi connectivity index (χ2v) is 5.01. The standard InChI is InChI=1S/C11H12BrFN2O3/c12-8-5-11(15(17)18)10(6-9(8)13)14(3-4-16)7-1-2-7/h5-7,16H,1-4H2. The summed E-state index contributed by atoms with van der Waals surface area (Å²) >= 11 is 2.94. The molecule has 1 aliphatic carbocycles. The Bertz CT molecular complexity index is 480. The Labute approximate surface area is 111 Å². The van der Waals surface area contributed by atoms with Crippen molar-refractivity contribution in [3.8, 4) is 0 Å². The molecule has 0 amide bonds. The summed E-state index contributed by atoms with van der Waals surface area (Å²) in [5.74, 6) is -0.542. The summed E-state index contributed by atoms with van der Waals surface area (Å²) in [5, 5.41) is 20.0. The molecule has 1 N–H and O–H groups in total. The van der Waals surface area contributed by atoms with Crippen LogP contribution in [0.5, 0.6) is 0 Å². The highest BCUT2D eigenvalue weighted by Crippen LogP contribution is 2.39. The number of aliphatic hydroxyl groups excluding tert-OH is 1. The topological polar surface area (TPSA) is 66.6 Å². The van der Waals surface area contributed by atoms with E-state index < -0.39 is 10.7 Å². The minimum absolute atomic E-state index is 0.0673. The van der Waals surface area contributed by atoms with E-state index in [0.29, 0.717) is 0 Å². The van der Waals surface area contributed by atoms with Gasteiger partial charge in [0.15, 0.2) is 0 Å². The van der Waals surface area contributed by atoms with Gasteiger partial charge >= 0.3 is 0 Å². The predicted octanol–water partition coefficient (Wildman–Crippen LogP) is 2.46. The van der Waals surface area contributed by atoms with Crippen LogP contribution in [0, 0.1) is 15.9 Å². The van der Waals surface area contributed by atoms with Gasteiger partial charge in [-0.3, -0.25) is 10.1 Å². The van der Waals surface area contributed by atoms with Crippen molar-refractivity contribution in [2.24, 2.45) is 0 Å². The van der Waals surface area contributed by atoms with Gasteiger partial charge in [0.2, 0.25) is 0 Å². The number of hydrogen-bond donors (Lipinski definition) is 1. The molecule has 0 heterocycles. The quantitative estimate of drug-likeness (QED) is 0.669. The van der Waals surface area contributed by atoms with Gasteiger partial charge in [0.05, 0.1) is 16.0 Å². The van der Waals surface area contributed by atoms with E-state index in [9.17, 15) is 14.5 Å². The van der Waals surface area contributed by atoms with Crippen LogP contribution in [0.15, 0.2) is 16.6 Å². The summed E-state index contributed by atoms with van der Waals surface area (Å²) in [6.45, 7) is 0.151. The third kappa shape index (κ3) is 2.62. The second-order valence-electron chi connectivity index (χ2n) is 4.16. The fourth-order valence-corrected chi connectivity index (χ4v) is 2.23. The molecule has 7 heteroatoms. The molecule has 1 saturated carbocycles. The molecule has 0 spiro atoms. The van der Waals surface area contributed by atoms with Crippen LogP contribution in [0.2, 0.25) is 0 Å². The lowest BCUT2D eigenvalue weighted by Crippen LogP contribution is -2.29. The van der Waals surface area contributed by atoms with Gasteiger partial charge < -0.3 is 10.0 Å². The molecule has 0 aliphatic heterocycles. The Morgan fingerprint density at radius 1 is 1.56 bits per heavy atom. The predicted molar refractivity (Wildman–Crippen MR) is 68.2 cm³/mol. The normalized spacial score (nSPS) is 14.6. The van der Waals surface area contributed by atoms with Crippen molar-refractivity contribution in [2.45, 2.75) is 18.9 Å². The Hall–Kier alpha value is -1.21. The number of hydrogen-bond acceptors (Lipinski definition) is 4. The van der Waals surface area contributed by atoms with E-state index in [2.05, 4.69) is 15.9 Å². The first-order chi connectivity index (χ1) is 8.54. The molecule has 1 fully saturated rings. The summed E-state index contributed by atoms with van der Waals surface area (Å²) in [5.41, 5.74) is 0.0841. The van der Waals surface area contributed by atoms with Crippen molar-refractivity contribution in [3.05, 3.63) is 32.5 Å². The lowest BCUT2D eigenvalue weighted by molar-refractivity contribution is -0.384. The van der Waals surface area contributed by atoms with Crippen molar-refractivity contribution >= 4 is 27.3 Å². The maximum absolute atomic E-state index is 13.5. The van der Waals surface area contributed by atoms with Gasteiger partial charge in [-0.1, -0.05) is 0 Å². The van der Waals surface area contributed by atoms with Gasteiger partial charge in [-0.2, -0.15) is 0 Å². The molecular weight excluding hydrogens is 307 g/mol. The van der Waals surface area contributed by atoms with Gasteiger partial charge in [-0.05, 0) is 28.8 Å². The number of halogens is 2. The number of nitrogens with zero attached hydrogens (tertiary/aromatic N) is 2. The van der Waals surface area contributed by atoms with Crippen molar-refractivity contribution in [2.75, 3.05) is 18.1 Å². The molecule has 0 bridgehead atoms. The zero-order valence-electron chi connectivity index (χ0n) is 9.47. The van der Waals surface area contributed by atoms with Crippen LogP contribution in [0.1, 0.15) is 12.8 Å². The Balaban J connectivity index is 2.45. The number of anilines is 1. The summed E-state index contributed by atoms with van der Waals surface area (Å²) < 4.78 is 13.6. The summed E-state index contributed by atoms with van der Waals surface area (Å²) in [6.07, 6.45) is 1.82. The van der Waals surface area contributed by atoms with E-state index in [1.54, 1.807) is 4.90 Å². The van der Waals surface area contributed by atoms with E-state index in [0.717, 1.165) is 25.0 Å². The monoisotopic (exact) mass is 318 g/mol. The summed E-state index contributed by atoms with van der Waals surface area (Å²) in [6, 6.07) is 2.48. The third-order valence-electron chi connectivity index (χ3n) is 2.85. The van der Waals surface area contributed by atoms with Crippen LogP contribution in [-0.2, 0) is 0 Å². The van der Waals surface area contributed by atoms with Crippen molar-refractivity contribution < 1.29 is 14.4 Å². The van der Waals surface area contributed by atoms with Gasteiger partial charge in [0.1, 0.15) is 11.5 Å². The highest BCUT2D eigenvalue weighted by atomic mass is 79.9. The number of nitro groups is 1. The molecule has 0 unspecified atom stereocenters. The lowest BCUT2D eigenvalue weighted by atomic mass is 10.2. The molecule has 2 rings (SSSR count). The average Bonchev–Trinajstić information content (AvgIpc) is 3.13. The van der Waals surface area contributed by atoms with Gasteiger partial charge in [-0.25, -0.2) is 4.39 Å². The first-order valence-corrected chi connectivity index (χ1v) is 6.35. The third-order valence-corrected chi connectivity index (χ3v) is 3.46. The number of rotatable bonds is 5. The molecule has 1 aliphatic rings. The van der Waals surface area contributed by atoms with Crippen molar-refractivity contribution in [1.82, 2.24) is 0 Å². The second kappa shape index (κ2) is 5.19. The molecule has 1 aromatic rings. The SMILES string of the molecule is O=[N+]([O-])c1cc(Br)c(F)cc1N(CCO)C1CC1. The van der Waals surface area contributed by atoms with E-state index >= 15 is 0 Å². The molecule has 0 radical (unpaired) electrons. The van der Waals surface area contributed by atoms with Crippen LogP contribution in [0.4, 0.5) is 15.8 Å². The van der Waals surface area contributed by atoms with Crippen LogP contribution in [0.25, 0.3) is 0 Å². The first kappa shape index (κ1) is 13.2. The Kier molecular flexibility index (Phi) is 3.82. The molecular formula is C11H12BrFN2O3. The summed E-state index contributed by atoms with van der Waals surface area (Å²) in [4.78, 5) is 12.2. The largest absolute Gasteiger partial charge is 0.395 e. The summed E-state index contributed by atoms with van der Waals surface area (Å²) in [7, 11) is 0. The fraction of sp³-hybridized carbons (Fsp3) is 0.455. The molecule has 98 valence electrons. The zero-order valence-corrected chi connectivity index (χ0v) is 11.1. The fourth-order valence-electron chi connectivity index (χ4n) is 1.90. The highest BCUT2D eigenvalue weighted by molar-refractivity contribution is 9.10. The van der Waals surface area contributed by atoms with Gasteiger partial charge in [0.25, 0.3) is 5.69 Å². The van der Waals surface area contributed by atoms with Crippen LogP contribution >= 0.6 is 15.9 Å². The number of aliphatic hydroxyl groups is 1. The van der Waals surface area contributed by atoms with E-state index in [1.165, 1.54) is 0 Å². The Morgan fingerprint density at radius 3 is 2.72 bits per heavy atom. The van der Waals surface area contributed by atoms with E-state index in [-0.39, 0.29) is 35.0 Å². The molecule has 5 nitrogen and oxygen atoms in total. The van der Waals surface area contributed by atoms with E-state index in [4.69, 9.17) is 5.11 Å². The molecule has 0 saturated heterocycles. The molecule has 18 heavy (non-hydrogen) atoms. The lowest BCUT2D eigenvalue weighted by Gasteiger charge is -2.23. The smallest absolute Gasteiger partial charge is 0.293 e. The van der Waals surface area contributed by atoms with Crippen molar-refractivity contribution in [1.29, 1.82) is 0 Å². The molecule has 1 aromatic carbocycles. The van der Waals surface area contributed by atoms with Crippen molar-refractivity contribution in [3.63, 3.8) is 0 Å². The maximum Gasteiger partial charge on any atom is 0.293 e. The average molecular weight is 319 g/mol. The first-order valence-electron chi connectivity index (χ1n) is 5.55. The number of benzene rings is 1.